The molecule has 3 aromatic rings. The van der Waals surface area contributed by atoms with Crippen LogP contribution in [0, 0.1) is 6.92 Å². The fourth-order valence-corrected chi connectivity index (χ4v) is 4.40. The Bertz CT molecular complexity index is 1160. The molecule has 0 saturated heterocycles. The third-order valence-electron chi connectivity index (χ3n) is 4.64. The molecule has 2 aromatic carbocycles. The van der Waals surface area contributed by atoms with Gasteiger partial charge in [0.15, 0.2) is 5.16 Å². The van der Waals surface area contributed by atoms with Crippen LogP contribution in [0.4, 0.5) is 5.69 Å². The molecule has 164 valence electrons. The highest BCUT2D eigenvalue weighted by Crippen LogP contribution is 2.26. The number of aryl methyl sites for hydroxylation is 1. The number of hydrogen-bond acceptors (Lipinski definition) is 6. The number of phenolic OH excluding ortho intramolecular Hbond substituents is 1. The first-order chi connectivity index (χ1) is 14.7. The van der Waals surface area contributed by atoms with E-state index in [0.717, 1.165) is 17.0 Å². The van der Waals surface area contributed by atoms with Crippen LogP contribution in [0.2, 0.25) is 0 Å². The Balaban J connectivity index is 1.66. The van der Waals surface area contributed by atoms with Crippen LogP contribution < -0.4 is 10.5 Å². The first-order valence-electron chi connectivity index (χ1n) is 9.59. The number of imidazole rings is 1. The second kappa shape index (κ2) is 9.54. The molecule has 0 aliphatic carbocycles. The van der Waals surface area contributed by atoms with Crippen molar-refractivity contribution in [2.75, 3.05) is 5.32 Å². The van der Waals surface area contributed by atoms with Crippen molar-refractivity contribution < 1.29 is 18.3 Å². The molecule has 0 radical (unpaired) electrons. The summed E-state index contributed by atoms with van der Waals surface area (Å²) in [7, 11) is -3.78. The maximum atomic E-state index is 12.7. The number of hydrogen-bond donors (Lipinski definition) is 4. The smallest absolute Gasteiger partial charge is 0.238 e. The van der Waals surface area contributed by atoms with Gasteiger partial charge in [-0.25, -0.2) is 18.5 Å². The second-order valence-corrected chi connectivity index (χ2v) is 9.78. The van der Waals surface area contributed by atoms with E-state index in [1.807, 2.05) is 26.0 Å². The lowest BCUT2D eigenvalue weighted by Gasteiger charge is -2.13. The predicted octanol–water partition coefficient (Wildman–Crippen LogP) is 3.17. The Morgan fingerprint density at radius 2 is 1.84 bits per heavy atom. The fraction of sp³-hybridized carbons (Fsp3) is 0.238. The number of sulfonamides is 1. The zero-order valence-electron chi connectivity index (χ0n) is 17.1. The summed E-state index contributed by atoms with van der Waals surface area (Å²) in [6, 6.07) is 12.7. The van der Waals surface area contributed by atoms with Gasteiger partial charge in [-0.3, -0.25) is 4.79 Å². The number of thioether (sulfide) groups is 1. The monoisotopic (exact) mass is 460 g/mol. The van der Waals surface area contributed by atoms with Crippen LogP contribution in [0.3, 0.4) is 0 Å². The van der Waals surface area contributed by atoms with Crippen molar-refractivity contribution in [2.24, 2.45) is 5.14 Å². The van der Waals surface area contributed by atoms with E-state index in [1.54, 1.807) is 12.1 Å². The summed E-state index contributed by atoms with van der Waals surface area (Å²) in [5.41, 5.74) is 3.31. The van der Waals surface area contributed by atoms with Gasteiger partial charge < -0.3 is 15.4 Å². The molecule has 8 nitrogen and oxygen atoms in total. The number of nitrogens with two attached hydrogens (primary N) is 1. The fourth-order valence-electron chi connectivity index (χ4n) is 2.91. The number of carbonyl (C=O) groups is 1. The molecule has 1 aromatic heterocycles. The van der Waals surface area contributed by atoms with E-state index in [4.69, 9.17) is 5.14 Å². The number of aromatic amines is 1. The second-order valence-electron chi connectivity index (χ2n) is 7.03. The summed E-state index contributed by atoms with van der Waals surface area (Å²) < 4.78 is 22.7. The van der Waals surface area contributed by atoms with Gasteiger partial charge in [0, 0.05) is 17.8 Å². The molecular weight excluding hydrogens is 436 g/mol. The van der Waals surface area contributed by atoms with Crippen molar-refractivity contribution in [1.29, 1.82) is 0 Å². The minimum absolute atomic E-state index is 0.0147. The van der Waals surface area contributed by atoms with E-state index < -0.39 is 10.0 Å². The summed E-state index contributed by atoms with van der Waals surface area (Å²) in [5.74, 6) is 0.0137. The van der Waals surface area contributed by atoms with E-state index in [2.05, 4.69) is 15.3 Å². The number of benzene rings is 2. The third-order valence-corrected chi connectivity index (χ3v) is 6.82. The molecule has 0 aliphatic heterocycles. The Labute approximate surface area is 185 Å². The molecule has 1 heterocycles. The molecule has 0 spiro atoms. The molecule has 1 amide bonds. The van der Waals surface area contributed by atoms with Crippen LogP contribution in [0.25, 0.3) is 0 Å². The third kappa shape index (κ3) is 6.09. The predicted molar refractivity (Wildman–Crippen MR) is 121 cm³/mol. The van der Waals surface area contributed by atoms with Crippen molar-refractivity contribution >= 4 is 33.4 Å². The van der Waals surface area contributed by atoms with Gasteiger partial charge in [0.05, 0.1) is 15.8 Å². The minimum atomic E-state index is -3.78. The van der Waals surface area contributed by atoms with Crippen LogP contribution in [0.5, 0.6) is 5.75 Å². The van der Waals surface area contributed by atoms with Crippen molar-refractivity contribution in [3.05, 3.63) is 65.5 Å². The summed E-state index contributed by atoms with van der Waals surface area (Å²) in [6.45, 7) is 3.84. The highest BCUT2D eigenvalue weighted by Gasteiger charge is 2.21. The van der Waals surface area contributed by atoms with Gasteiger partial charge in [0.1, 0.15) is 5.75 Å². The van der Waals surface area contributed by atoms with Crippen molar-refractivity contribution in [3.8, 4) is 5.75 Å². The number of H-pyrrole nitrogens is 1. The van der Waals surface area contributed by atoms with E-state index in [-0.39, 0.29) is 21.8 Å². The van der Waals surface area contributed by atoms with Gasteiger partial charge >= 0.3 is 0 Å². The normalized spacial score (nSPS) is 12.5. The molecule has 0 aliphatic rings. The number of amides is 1. The molecule has 31 heavy (non-hydrogen) atoms. The number of nitrogens with one attached hydrogen (secondary N) is 2. The largest absolute Gasteiger partial charge is 0.508 e. The lowest BCUT2D eigenvalue weighted by molar-refractivity contribution is -0.115. The van der Waals surface area contributed by atoms with Gasteiger partial charge in [-0.15, -0.1) is 0 Å². The summed E-state index contributed by atoms with van der Waals surface area (Å²) in [5, 5.41) is 17.6. The van der Waals surface area contributed by atoms with Gasteiger partial charge in [-0.05, 0) is 55.3 Å². The van der Waals surface area contributed by atoms with E-state index in [0.29, 0.717) is 23.7 Å². The standard InChI is InChI=1S/C21H24N4O4S2/c1-3-19(20(27)24-15-6-10-17(11-7-15)31(22,28)29)30-21-23-13(2)18(25-21)12-14-4-8-16(26)9-5-14/h4-11,19,26H,3,12H2,1-2H3,(H,23,25)(H,24,27)(H2,22,28,29)/t19-/m0/s1. The zero-order chi connectivity index (χ0) is 22.6. The minimum Gasteiger partial charge on any atom is -0.508 e. The van der Waals surface area contributed by atoms with Gasteiger partial charge in [-0.1, -0.05) is 30.8 Å². The van der Waals surface area contributed by atoms with E-state index in [1.165, 1.54) is 36.0 Å². The van der Waals surface area contributed by atoms with Crippen molar-refractivity contribution in [1.82, 2.24) is 9.97 Å². The highest BCUT2D eigenvalue weighted by molar-refractivity contribution is 8.00. The number of carbonyl (C=O) groups excluding carboxylic acids is 1. The van der Waals surface area contributed by atoms with Crippen LogP contribution in [0.1, 0.15) is 30.3 Å². The summed E-state index contributed by atoms with van der Waals surface area (Å²) in [6.07, 6.45) is 1.20. The lowest BCUT2D eigenvalue weighted by Crippen LogP contribution is -2.24. The van der Waals surface area contributed by atoms with Crippen molar-refractivity contribution in [2.45, 2.75) is 42.0 Å². The molecule has 1 atom stereocenters. The van der Waals surface area contributed by atoms with Gasteiger partial charge in [-0.2, -0.15) is 0 Å². The van der Waals surface area contributed by atoms with Crippen LogP contribution in [-0.2, 0) is 21.2 Å². The topological polar surface area (TPSA) is 138 Å². The summed E-state index contributed by atoms with van der Waals surface area (Å²) in [4.78, 5) is 20.5. The van der Waals surface area contributed by atoms with Crippen molar-refractivity contribution in [3.63, 3.8) is 0 Å². The zero-order valence-corrected chi connectivity index (χ0v) is 18.8. The number of anilines is 1. The molecule has 0 bridgehead atoms. The van der Waals surface area contributed by atoms with E-state index in [9.17, 15) is 18.3 Å². The molecule has 0 fully saturated rings. The number of aromatic nitrogens is 2. The molecular formula is C21H24N4O4S2. The Hall–Kier alpha value is -2.82. The first-order valence-corrected chi connectivity index (χ1v) is 12.0. The number of nitrogens with zero attached hydrogens (tertiary/aromatic N) is 1. The maximum absolute atomic E-state index is 12.7. The number of phenols is 1. The SMILES string of the molecule is CC[C@H](Sc1nc(Cc2ccc(O)cc2)c(C)[nH]1)C(=O)Nc1ccc(S(N)(=O)=O)cc1. The number of rotatable bonds is 8. The number of primary sulfonamides is 1. The average Bonchev–Trinajstić information content (AvgIpc) is 3.06. The number of aromatic hydroxyl groups is 1. The van der Waals surface area contributed by atoms with Crippen LogP contribution >= 0.6 is 11.8 Å². The van der Waals surface area contributed by atoms with Gasteiger partial charge in [0.25, 0.3) is 0 Å². The van der Waals surface area contributed by atoms with Crippen LogP contribution in [-0.4, -0.2) is 34.6 Å². The average molecular weight is 461 g/mol. The lowest BCUT2D eigenvalue weighted by atomic mass is 10.1. The van der Waals surface area contributed by atoms with Gasteiger partial charge in [0.2, 0.25) is 15.9 Å². The Morgan fingerprint density at radius 1 is 1.19 bits per heavy atom. The molecule has 3 rings (SSSR count). The Morgan fingerprint density at radius 3 is 2.42 bits per heavy atom. The molecule has 0 unspecified atom stereocenters. The van der Waals surface area contributed by atoms with Crippen LogP contribution in [0.15, 0.2) is 58.6 Å². The maximum Gasteiger partial charge on any atom is 0.238 e. The molecule has 5 N–H and O–H groups in total. The van der Waals surface area contributed by atoms with E-state index >= 15 is 0 Å². The quantitative estimate of drug-likeness (QED) is 0.381. The summed E-state index contributed by atoms with van der Waals surface area (Å²) >= 11 is 1.34. The molecule has 10 heteroatoms. The Kier molecular flexibility index (Phi) is 7.04. The first kappa shape index (κ1) is 22.9. The molecule has 0 saturated carbocycles. The highest BCUT2D eigenvalue weighted by atomic mass is 32.2.